The van der Waals surface area contributed by atoms with E-state index in [0.717, 1.165) is 6.20 Å². The zero-order chi connectivity index (χ0) is 22.5. The number of nitrogens with zero attached hydrogens (tertiary/aromatic N) is 4. The molecule has 2 heterocycles. The van der Waals surface area contributed by atoms with Crippen LogP contribution in [0.3, 0.4) is 0 Å². The molecule has 11 nitrogen and oxygen atoms in total. The number of nitro groups is 1. The first kappa shape index (κ1) is 21.6. The maximum absolute atomic E-state index is 13.8. The summed E-state index contributed by atoms with van der Waals surface area (Å²) < 4.78 is 24.8. The Kier molecular flexibility index (Phi) is 6.40. The topological polar surface area (TPSA) is 153 Å². The Bertz CT molecular complexity index is 1230. The van der Waals surface area contributed by atoms with E-state index in [1.54, 1.807) is 19.1 Å². The van der Waals surface area contributed by atoms with E-state index in [9.17, 15) is 24.4 Å². The monoisotopic (exact) mass is 449 g/mol. The molecule has 0 radical (unpaired) electrons. The molecule has 0 aliphatic carbocycles. The summed E-state index contributed by atoms with van der Waals surface area (Å²) in [6.45, 7) is 2.02. The number of nitrogens with one attached hydrogen (secondary N) is 1. The minimum atomic E-state index is -1.10. The van der Waals surface area contributed by atoms with Gasteiger partial charge in [-0.2, -0.15) is 14.4 Å². The molecule has 0 saturated heterocycles. The fourth-order valence-corrected chi connectivity index (χ4v) is 2.50. The van der Waals surface area contributed by atoms with Crippen LogP contribution in [0.15, 0.2) is 29.2 Å². The van der Waals surface area contributed by atoms with Crippen LogP contribution in [0.4, 0.5) is 10.1 Å². The highest BCUT2D eigenvalue weighted by Crippen LogP contribution is 2.33. The number of aromatic hydroxyl groups is 1. The van der Waals surface area contributed by atoms with E-state index < -0.39 is 27.9 Å². The van der Waals surface area contributed by atoms with Crippen LogP contribution in [0.2, 0.25) is 5.28 Å². The van der Waals surface area contributed by atoms with Crippen LogP contribution in [0, 0.1) is 15.9 Å². The van der Waals surface area contributed by atoms with Gasteiger partial charge in [0, 0.05) is 0 Å². The molecular weight excluding hydrogens is 437 g/mol. The summed E-state index contributed by atoms with van der Waals surface area (Å²) in [4.78, 5) is 34.3. The van der Waals surface area contributed by atoms with Gasteiger partial charge in [0.2, 0.25) is 11.1 Å². The van der Waals surface area contributed by atoms with Crippen LogP contribution in [0.25, 0.3) is 12.2 Å². The number of hydrogen-bond acceptors (Lipinski definition) is 9. The van der Waals surface area contributed by atoms with Gasteiger partial charge in [0.1, 0.15) is 5.82 Å². The normalized spacial score (nSPS) is 10.9. The average Bonchev–Trinajstić information content (AvgIpc) is 2.70. The van der Waals surface area contributed by atoms with Crippen molar-refractivity contribution in [2.75, 3.05) is 6.61 Å². The van der Waals surface area contributed by atoms with Crippen molar-refractivity contribution in [3.8, 4) is 23.3 Å². The van der Waals surface area contributed by atoms with Gasteiger partial charge in [0.05, 0.1) is 17.7 Å². The van der Waals surface area contributed by atoms with E-state index in [2.05, 4.69) is 19.9 Å². The zero-order valence-electron chi connectivity index (χ0n) is 15.7. The number of hydrogen-bond donors (Lipinski definition) is 2. The average molecular weight is 450 g/mol. The highest BCUT2D eigenvalue weighted by molar-refractivity contribution is 6.28. The van der Waals surface area contributed by atoms with E-state index in [1.165, 1.54) is 18.2 Å². The summed E-state index contributed by atoms with van der Waals surface area (Å²) in [6.07, 6.45) is 3.69. The van der Waals surface area contributed by atoms with Crippen LogP contribution in [0.5, 0.6) is 23.3 Å². The zero-order valence-corrected chi connectivity index (χ0v) is 16.5. The third kappa shape index (κ3) is 5.11. The summed E-state index contributed by atoms with van der Waals surface area (Å²) >= 11 is 5.66. The second-order valence-electron chi connectivity index (χ2n) is 5.75. The molecular formula is C18H13ClFN5O6. The highest BCUT2D eigenvalue weighted by atomic mass is 35.5. The van der Waals surface area contributed by atoms with Gasteiger partial charge >= 0.3 is 11.2 Å². The van der Waals surface area contributed by atoms with E-state index >= 15 is 0 Å². The summed E-state index contributed by atoms with van der Waals surface area (Å²) in [6, 6.07) is 4.63. The van der Waals surface area contributed by atoms with Crippen LogP contribution in [-0.2, 0) is 0 Å². The van der Waals surface area contributed by atoms with E-state index in [4.69, 9.17) is 21.1 Å². The van der Waals surface area contributed by atoms with Crippen molar-refractivity contribution in [1.82, 2.24) is 19.9 Å². The third-order valence-electron chi connectivity index (χ3n) is 3.67. The van der Waals surface area contributed by atoms with Gasteiger partial charge in [-0.1, -0.05) is 12.1 Å². The molecule has 160 valence electrons. The standard InChI is InChI=1S/C18H13ClFN5O6/c1-2-30-12-7-9(3-5-11(12)31-17-10(20)8-21-18(19)24-17)4-6-13-22-15(26)14(25(28)29)16(27)23-13/h3-8H,2H2,1H3,(H2,22,23,26,27)/b6-4-. The largest absolute Gasteiger partial charge is 0.490 e. The summed E-state index contributed by atoms with van der Waals surface area (Å²) in [5.41, 5.74) is -1.59. The molecule has 0 spiro atoms. The van der Waals surface area contributed by atoms with Gasteiger partial charge in [0.25, 0.3) is 11.8 Å². The molecule has 2 N–H and O–H groups in total. The summed E-state index contributed by atoms with van der Waals surface area (Å²) in [5, 5.41) is 20.1. The molecule has 0 bridgehead atoms. The Morgan fingerprint density at radius 2 is 2.10 bits per heavy atom. The van der Waals surface area contributed by atoms with Crippen molar-refractivity contribution in [2.24, 2.45) is 0 Å². The molecule has 0 fully saturated rings. The molecule has 3 aromatic rings. The van der Waals surface area contributed by atoms with Gasteiger partial charge in [0.15, 0.2) is 11.5 Å². The van der Waals surface area contributed by atoms with E-state index in [0.29, 0.717) is 5.56 Å². The number of H-pyrrole nitrogens is 1. The van der Waals surface area contributed by atoms with Crippen LogP contribution in [0.1, 0.15) is 18.3 Å². The molecule has 31 heavy (non-hydrogen) atoms. The quantitative estimate of drug-likeness (QED) is 0.314. The fourth-order valence-electron chi connectivity index (χ4n) is 2.38. The molecule has 1 aromatic carbocycles. The number of aromatic amines is 1. The molecule has 0 amide bonds. The van der Waals surface area contributed by atoms with Crippen molar-refractivity contribution in [1.29, 1.82) is 0 Å². The Labute approximate surface area is 177 Å². The first-order valence-electron chi connectivity index (χ1n) is 8.57. The number of aromatic nitrogens is 4. The molecule has 13 heteroatoms. The smallest absolute Gasteiger partial charge is 0.395 e. The number of ether oxygens (including phenoxy) is 2. The van der Waals surface area contributed by atoms with Gasteiger partial charge in [-0.15, -0.1) is 0 Å². The Balaban J connectivity index is 1.89. The van der Waals surface area contributed by atoms with Gasteiger partial charge < -0.3 is 19.6 Å². The van der Waals surface area contributed by atoms with Crippen molar-refractivity contribution in [3.05, 3.63) is 67.4 Å². The van der Waals surface area contributed by atoms with Gasteiger partial charge in [-0.3, -0.25) is 14.9 Å². The lowest BCUT2D eigenvalue weighted by Crippen LogP contribution is -2.14. The van der Waals surface area contributed by atoms with Gasteiger partial charge in [-0.05, 0) is 42.3 Å². The first-order valence-corrected chi connectivity index (χ1v) is 8.94. The lowest BCUT2D eigenvalue weighted by Gasteiger charge is -2.12. The molecule has 2 aromatic heterocycles. The minimum absolute atomic E-state index is 0.107. The predicted molar refractivity (Wildman–Crippen MR) is 107 cm³/mol. The maximum Gasteiger partial charge on any atom is 0.395 e. The SMILES string of the molecule is CCOc1cc(/C=C\c2nc(O)c([N+](=O)[O-])c(=O)[nH]2)ccc1Oc1nc(Cl)ncc1F. The third-order valence-corrected chi connectivity index (χ3v) is 3.85. The van der Waals surface area contributed by atoms with Crippen molar-refractivity contribution in [3.63, 3.8) is 0 Å². The molecule has 0 aliphatic heterocycles. The molecule has 0 saturated carbocycles. The Morgan fingerprint density at radius 3 is 2.77 bits per heavy atom. The molecule has 0 aliphatic rings. The van der Waals surface area contributed by atoms with Crippen molar-refractivity contribution in [2.45, 2.75) is 6.92 Å². The first-order chi connectivity index (χ1) is 14.8. The molecule has 3 rings (SSSR count). The molecule has 0 unspecified atom stereocenters. The van der Waals surface area contributed by atoms with Crippen LogP contribution in [-0.4, -0.2) is 36.6 Å². The Hall–Kier alpha value is -4.06. The highest BCUT2D eigenvalue weighted by Gasteiger charge is 2.21. The Morgan fingerprint density at radius 1 is 1.32 bits per heavy atom. The fraction of sp³-hybridized carbons (Fsp3) is 0.111. The second-order valence-corrected chi connectivity index (χ2v) is 6.09. The van der Waals surface area contributed by atoms with E-state index in [-0.39, 0.29) is 35.1 Å². The summed E-state index contributed by atoms with van der Waals surface area (Å²) in [5.74, 6) is -1.89. The maximum atomic E-state index is 13.8. The lowest BCUT2D eigenvalue weighted by atomic mass is 10.2. The predicted octanol–water partition coefficient (Wildman–Crippen LogP) is 3.33. The van der Waals surface area contributed by atoms with Crippen LogP contribution < -0.4 is 15.0 Å². The lowest BCUT2D eigenvalue weighted by molar-refractivity contribution is -0.387. The molecule has 0 atom stereocenters. The number of halogens is 2. The number of benzene rings is 1. The van der Waals surface area contributed by atoms with Gasteiger partial charge in [-0.25, -0.2) is 4.98 Å². The van der Waals surface area contributed by atoms with Crippen molar-refractivity contribution < 1.29 is 23.9 Å². The van der Waals surface area contributed by atoms with Crippen LogP contribution >= 0.6 is 11.6 Å². The second kappa shape index (κ2) is 9.17. The summed E-state index contributed by atoms with van der Waals surface area (Å²) in [7, 11) is 0. The minimum Gasteiger partial charge on any atom is -0.490 e. The number of rotatable bonds is 7. The van der Waals surface area contributed by atoms with E-state index in [1.807, 2.05) is 0 Å². The van der Waals surface area contributed by atoms with Crippen molar-refractivity contribution >= 4 is 29.4 Å².